The van der Waals surface area contributed by atoms with Gasteiger partial charge in [-0.3, -0.25) is 0 Å². The summed E-state index contributed by atoms with van der Waals surface area (Å²) in [4.78, 5) is 10.9. The average Bonchev–Trinajstić information content (AvgIpc) is 4.38. The van der Waals surface area contributed by atoms with Gasteiger partial charge in [0.05, 0.1) is 16.5 Å². The van der Waals surface area contributed by atoms with Crippen molar-refractivity contribution in [1.82, 2.24) is 9.97 Å². The van der Waals surface area contributed by atoms with E-state index >= 15 is 0 Å². The minimum absolute atomic E-state index is 0.451. The monoisotopic (exact) mass is 1000 g/mol. The van der Waals surface area contributed by atoms with Crippen LogP contribution in [0.15, 0.2) is 240 Å². The molecule has 0 fully saturated rings. The minimum Gasteiger partial charge on any atom is -0.455 e. The van der Waals surface area contributed by atoms with Gasteiger partial charge in [0.25, 0.3) is 0 Å². The van der Waals surface area contributed by atoms with E-state index < -0.39 is 5.41 Å². The number of para-hydroxylation sites is 1. The molecule has 2 aliphatic rings. The second-order valence-electron chi connectivity index (χ2n) is 19.8. The summed E-state index contributed by atoms with van der Waals surface area (Å²) in [6, 6.07) is 72.6. The second kappa shape index (κ2) is 19.5. The highest BCUT2D eigenvalue weighted by Crippen LogP contribution is 2.63. The highest BCUT2D eigenvalue weighted by molar-refractivity contribution is 6.12. The lowest BCUT2D eigenvalue weighted by atomic mass is 9.70. The van der Waals surface area contributed by atoms with Crippen LogP contribution in [0.3, 0.4) is 0 Å². The predicted molar refractivity (Wildman–Crippen MR) is 327 cm³/mol. The molecular weight excluding hydrogens is 949 g/mol. The fourth-order valence-corrected chi connectivity index (χ4v) is 12.4. The van der Waals surface area contributed by atoms with E-state index in [1.165, 1.54) is 44.5 Å². The van der Waals surface area contributed by atoms with Gasteiger partial charge in [-0.15, -0.1) is 0 Å². The highest BCUT2D eigenvalue weighted by Gasteiger charge is 2.51. The quantitative estimate of drug-likeness (QED) is 0.128. The minimum atomic E-state index is -0.451. The molecule has 0 atom stereocenters. The van der Waals surface area contributed by atoms with Crippen LogP contribution in [-0.2, 0) is 5.41 Å². The normalized spacial score (nSPS) is 12.9. The van der Waals surface area contributed by atoms with Crippen LogP contribution in [0.2, 0.25) is 0 Å². The van der Waals surface area contributed by atoms with E-state index in [4.69, 9.17) is 18.8 Å². The largest absolute Gasteiger partial charge is 0.455 e. The maximum Gasteiger partial charge on any atom is 0.231 e. The van der Waals surface area contributed by atoms with Crippen molar-refractivity contribution in [2.45, 2.75) is 39.5 Å². The molecular formula is C74H56N2O2. The Labute approximate surface area is 455 Å². The summed E-state index contributed by atoms with van der Waals surface area (Å²) >= 11 is 0. The van der Waals surface area contributed by atoms with E-state index in [-0.39, 0.29) is 0 Å². The van der Waals surface area contributed by atoms with Crippen molar-refractivity contribution in [2.24, 2.45) is 0 Å². The molecule has 12 aromatic rings. The fraction of sp³-hybridized carbons (Fsp3) is 0.0811. The number of hydrogen-bond donors (Lipinski definition) is 0. The van der Waals surface area contributed by atoms with Gasteiger partial charge in [0.2, 0.25) is 5.71 Å². The van der Waals surface area contributed by atoms with Gasteiger partial charge in [-0.2, -0.15) is 4.98 Å². The van der Waals surface area contributed by atoms with E-state index in [1.807, 2.05) is 19.9 Å². The SMILES string of the molecule is C=Cc1oc2c(-c3ccc(-c4nc(-c5cc(C(/C=C\C)=C/CC)cc(-c6ccccc6)c5)nc5oc6ccc(-c7ccc8c(c7)C7(c9ccccc9-c9ccccc97)c7ccccc7-8)cc6c45)cc3)cccc2c1C=C.CC. The molecule has 4 heteroatoms. The van der Waals surface area contributed by atoms with E-state index in [1.54, 1.807) is 6.08 Å². The number of aromatic nitrogens is 2. The van der Waals surface area contributed by atoms with Crippen LogP contribution >= 0.6 is 0 Å². The first kappa shape index (κ1) is 48.0. The molecule has 2 aliphatic carbocycles. The van der Waals surface area contributed by atoms with Crippen LogP contribution in [0.25, 0.3) is 129 Å². The molecule has 0 N–H and O–H groups in total. The molecule has 0 aliphatic heterocycles. The lowest BCUT2D eigenvalue weighted by Gasteiger charge is -2.30. The summed E-state index contributed by atoms with van der Waals surface area (Å²) in [5.41, 5.74) is 24.2. The standard InChI is InChI=1S/C72H50N2O2.C2H6/c1-5-19-44(20-6-2)50-39-51(45-21-10-9-11-22-45)41-52(40-50)70-73-68(47-33-31-46(32-34-47)54-26-18-27-59-53(7-3)65(8-4)75-69(54)59)67-60-42-48(36-38-66(60)76-71(67)74-70)49-35-37-58-57-25-14-17-30-63(57)72(64(58)43-49)61-28-15-12-23-55(61)56-24-13-16-29-62(56)72;1-2/h5,7-43H,3-4,6H2,1-2H3;1-2H3/b19-5-,44-20+;. The van der Waals surface area contributed by atoms with Crippen molar-refractivity contribution in [1.29, 1.82) is 0 Å². The second-order valence-corrected chi connectivity index (χ2v) is 19.8. The Bertz CT molecular complexity index is 4370. The molecule has 78 heavy (non-hydrogen) atoms. The third-order valence-corrected chi connectivity index (χ3v) is 15.7. The average molecular weight is 1010 g/mol. The van der Waals surface area contributed by atoms with E-state index in [0.29, 0.717) is 17.3 Å². The number of rotatable bonds is 10. The number of furan rings is 2. The number of fused-ring (bicyclic) bond motifs is 14. The molecule has 3 aromatic heterocycles. The molecule has 0 radical (unpaired) electrons. The first-order chi connectivity index (χ1) is 38.5. The molecule has 0 saturated carbocycles. The molecule has 374 valence electrons. The van der Waals surface area contributed by atoms with Gasteiger partial charge in [-0.25, -0.2) is 4.98 Å². The highest BCUT2D eigenvalue weighted by atomic mass is 16.3. The first-order valence-electron chi connectivity index (χ1n) is 27.1. The summed E-state index contributed by atoms with van der Waals surface area (Å²) in [6.45, 7) is 16.3. The van der Waals surface area contributed by atoms with Crippen LogP contribution in [-0.4, -0.2) is 9.97 Å². The number of benzene rings is 9. The van der Waals surface area contributed by atoms with Crippen molar-refractivity contribution < 1.29 is 8.83 Å². The molecule has 0 unspecified atom stereocenters. The van der Waals surface area contributed by atoms with Gasteiger partial charge in [0.15, 0.2) is 5.82 Å². The smallest absolute Gasteiger partial charge is 0.231 e. The summed E-state index contributed by atoms with van der Waals surface area (Å²) in [7, 11) is 0. The van der Waals surface area contributed by atoms with Gasteiger partial charge in [0, 0.05) is 33.0 Å². The van der Waals surface area contributed by atoms with Crippen molar-refractivity contribution in [3.8, 4) is 78.3 Å². The Hall–Kier alpha value is -9.64. The number of hydrogen-bond acceptors (Lipinski definition) is 4. The van der Waals surface area contributed by atoms with Crippen LogP contribution in [0.4, 0.5) is 0 Å². The molecule has 0 bridgehead atoms. The third kappa shape index (κ3) is 7.43. The van der Waals surface area contributed by atoms with Crippen molar-refractivity contribution in [2.75, 3.05) is 0 Å². The van der Waals surface area contributed by atoms with Gasteiger partial charge >= 0.3 is 0 Å². The molecule has 9 aromatic carbocycles. The Morgan fingerprint density at radius 2 is 1.10 bits per heavy atom. The molecule has 0 saturated heterocycles. The van der Waals surface area contributed by atoms with Gasteiger partial charge in [-0.1, -0.05) is 222 Å². The van der Waals surface area contributed by atoms with Gasteiger partial charge in [0.1, 0.15) is 16.9 Å². The summed E-state index contributed by atoms with van der Waals surface area (Å²) in [5.74, 6) is 1.29. The maximum atomic E-state index is 6.88. The number of allylic oxidation sites excluding steroid dienone is 4. The molecule has 14 rings (SSSR count). The van der Waals surface area contributed by atoms with Crippen molar-refractivity contribution >= 4 is 50.8 Å². The van der Waals surface area contributed by atoms with Crippen LogP contribution < -0.4 is 0 Å². The first-order valence-corrected chi connectivity index (χ1v) is 27.1. The molecule has 1 spiro atoms. The summed E-state index contributed by atoms with van der Waals surface area (Å²) in [5, 5.41) is 2.80. The Morgan fingerprint density at radius 3 is 1.77 bits per heavy atom. The molecule has 0 amide bonds. The zero-order valence-corrected chi connectivity index (χ0v) is 44.3. The molecule has 3 heterocycles. The van der Waals surface area contributed by atoms with E-state index in [2.05, 4.69) is 245 Å². The van der Waals surface area contributed by atoms with Crippen LogP contribution in [0.5, 0.6) is 0 Å². The summed E-state index contributed by atoms with van der Waals surface area (Å²) < 4.78 is 13.3. The van der Waals surface area contributed by atoms with E-state index in [0.717, 1.165) is 101 Å². The summed E-state index contributed by atoms with van der Waals surface area (Å²) in [6.07, 6.45) is 11.0. The Morgan fingerprint density at radius 1 is 0.500 bits per heavy atom. The Kier molecular flexibility index (Phi) is 12.0. The third-order valence-electron chi connectivity index (χ3n) is 15.7. The van der Waals surface area contributed by atoms with E-state index in [9.17, 15) is 0 Å². The van der Waals surface area contributed by atoms with Crippen LogP contribution in [0.1, 0.15) is 73.3 Å². The zero-order chi connectivity index (χ0) is 53.1. The predicted octanol–water partition coefficient (Wildman–Crippen LogP) is 20.5. The zero-order valence-electron chi connectivity index (χ0n) is 44.3. The molecule has 4 nitrogen and oxygen atoms in total. The van der Waals surface area contributed by atoms with Gasteiger partial charge < -0.3 is 8.83 Å². The van der Waals surface area contributed by atoms with Crippen molar-refractivity contribution in [3.63, 3.8) is 0 Å². The Balaban J connectivity index is 0.00000286. The van der Waals surface area contributed by atoms with Crippen molar-refractivity contribution in [3.05, 3.63) is 271 Å². The maximum absolute atomic E-state index is 6.88. The topological polar surface area (TPSA) is 52.1 Å². The van der Waals surface area contributed by atoms with Gasteiger partial charge in [-0.05, 0) is 139 Å². The fourth-order valence-electron chi connectivity index (χ4n) is 12.4. The van der Waals surface area contributed by atoms with Crippen LogP contribution in [0, 0.1) is 0 Å². The lowest BCUT2D eigenvalue weighted by molar-refractivity contribution is 0.604. The number of nitrogens with zero attached hydrogens (tertiary/aromatic N) is 2. The lowest BCUT2D eigenvalue weighted by Crippen LogP contribution is -2.25.